The number of amides is 1. The molecular formula is C29H22BrCl2N3O3. The molecule has 0 spiro atoms. The molecule has 9 heteroatoms. The summed E-state index contributed by atoms with van der Waals surface area (Å²) in [5.74, 6) is 0.741. The molecule has 0 bridgehead atoms. The largest absolute Gasteiger partial charge is 0.467 e. The number of nitrogens with zero attached hydrogens (tertiary/aromatic N) is 3. The van der Waals surface area contributed by atoms with Gasteiger partial charge in [0.15, 0.2) is 0 Å². The highest BCUT2D eigenvalue weighted by Crippen LogP contribution is 2.31. The summed E-state index contributed by atoms with van der Waals surface area (Å²) in [6.45, 7) is 2.11. The van der Waals surface area contributed by atoms with E-state index in [9.17, 15) is 9.59 Å². The van der Waals surface area contributed by atoms with Gasteiger partial charge in [-0.05, 0) is 73.2 Å². The quantitative estimate of drug-likeness (QED) is 0.188. The highest BCUT2D eigenvalue weighted by molar-refractivity contribution is 9.10. The van der Waals surface area contributed by atoms with Crippen LogP contribution in [-0.2, 0) is 6.54 Å². The minimum atomic E-state index is -0.581. The Morgan fingerprint density at radius 3 is 2.47 bits per heavy atom. The van der Waals surface area contributed by atoms with Crippen LogP contribution in [-0.4, -0.2) is 20.4 Å². The summed E-state index contributed by atoms with van der Waals surface area (Å²) >= 11 is 15.8. The van der Waals surface area contributed by atoms with Crippen molar-refractivity contribution in [1.82, 2.24) is 14.5 Å². The number of aromatic nitrogens is 2. The second-order valence-corrected chi connectivity index (χ2v) is 10.4. The number of benzene rings is 3. The molecule has 0 aliphatic heterocycles. The number of hydrogen-bond donors (Lipinski definition) is 0. The molecule has 2 heterocycles. The van der Waals surface area contributed by atoms with Gasteiger partial charge in [0.05, 0.1) is 45.5 Å². The summed E-state index contributed by atoms with van der Waals surface area (Å²) in [5.41, 5.74) is 1.35. The molecule has 38 heavy (non-hydrogen) atoms. The number of halogens is 3. The Hall–Kier alpha value is -3.39. The van der Waals surface area contributed by atoms with Gasteiger partial charge in [0.25, 0.3) is 11.5 Å². The third-order valence-electron chi connectivity index (χ3n) is 6.28. The van der Waals surface area contributed by atoms with Gasteiger partial charge >= 0.3 is 0 Å². The number of para-hydroxylation sites is 1. The number of carbonyl (C=O) groups is 1. The van der Waals surface area contributed by atoms with E-state index in [1.165, 1.54) is 0 Å². The third kappa shape index (κ3) is 5.14. The number of furan rings is 1. The fourth-order valence-electron chi connectivity index (χ4n) is 4.44. The summed E-state index contributed by atoms with van der Waals surface area (Å²) < 4.78 is 8.07. The van der Waals surface area contributed by atoms with Crippen LogP contribution in [0.4, 0.5) is 0 Å². The predicted molar refractivity (Wildman–Crippen MR) is 153 cm³/mol. The highest BCUT2D eigenvalue weighted by Gasteiger charge is 2.31. The number of carbonyl (C=O) groups excluding carboxylic acids is 1. The molecule has 2 aromatic heterocycles. The fourth-order valence-corrected chi connectivity index (χ4v) is 5.01. The first-order valence-corrected chi connectivity index (χ1v) is 13.5. The van der Waals surface area contributed by atoms with Crippen molar-refractivity contribution in [3.63, 3.8) is 0 Å². The van der Waals surface area contributed by atoms with E-state index in [0.29, 0.717) is 45.2 Å². The van der Waals surface area contributed by atoms with Crippen LogP contribution in [0.15, 0.2) is 98.8 Å². The van der Waals surface area contributed by atoms with E-state index in [4.69, 9.17) is 32.6 Å². The summed E-state index contributed by atoms with van der Waals surface area (Å²) in [6, 6.07) is 22.4. The summed E-state index contributed by atoms with van der Waals surface area (Å²) in [5, 5.41) is 1.12. The van der Waals surface area contributed by atoms with Crippen molar-refractivity contribution in [2.75, 3.05) is 0 Å². The molecule has 0 saturated heterocycles. The maximum absolute atomic E-state index is 14.0. The molecule has 0 radical (unpaired) electrons. The van der Waals surface area contributed by atoms with Crippen LogP contribution in [0.1, 0.15) is 41.3 Å². The Kier molecular flexibility index (Phi) is 7.70. The molecule has 0 N–H and O–H groups in total. The topological polar surface area (TPSA) is 68.3 Å². The molecule has 0 aliphatic carbocycles. The molecule has 0 fully saturated rings. The van der Waals surface area contributed by atoms with Gasteiger partial charge in [-0.15, -0.1) is 0 Å². The van der Waals surface area contributed by atoms with Gasteiger partial charge < -0.3 is 9.32 Å². The first-order chi connectivity index (χ1) is 18.4. The molecule has 6 nitrogen and oxygen atoms in total. The zero-order chi connectivity index (χ0) is 26.8. The second-order valence-electron chi connectivity index (χ2n) is 8.67. The molecular weight excluding hydrogens is 589 g/mol. The van der Waals surface area contributed by atoms with Crippen LogP contribution in [0.5, 0.6) is 0 Å². The van der Waals surface area contributed by atoms with Crippen molar-refractivity contribution in [3.05, 3.63) is 127 Å². The van der Waals surface area contributed by atoms with Gasteiger partial charge in [-0.3, -0.25) is 14.2 Å². The van der Waals surface area contributed by atoms with Crippen LogP contribution in [0.3, 0.4) is 0 Å². The standard InChI is InChI=1S/C29H22BrCl2N3O3/c1-2-26(34(17-21-6-5-15-38-21)28(36)18-9-14-23(31)24(32)16-18)27-33-25-8-4-3-7-22(25)29(37)35(27)20-12-10-19(30)11-13-20/h3-16,26H,2,17H2,1H3. The van der Waals surface area contributed by atoms with E-state index in [0.717, 1.165) is 4.47 Å². The van der Waals surface area contributed by atoms with Crippen LogP contribution >= 0.6 is 39.1 Å². The Morgan fingerprint density at radius 2 is 1.79 bits per heavy atom. The van der Waals surface area contributed by atoms with Crippen molar-refractivity contribution < 1.29 is 9.21 Å². The van der Waals surface area contributed by atoms with Crippen molar-refractivity contribution in [3.8, 4) is 5.69 Å². The summed E-state index contributed by atoms with van der Waals surface area (Å²) in [4.78, 5) is 34.5. The van der Waals surface area contributed by atoms with E-state index in [2.05, 4.69) is 15.9 Å². The van der Waals surface area contributed by atoms with Gasteiger partial charge in [0, 0.05) is 10.0 Å². The van der Waals surface area contributed by atoms with Crippen molar-refractivity contribution in [2.24, 2.45) is 0 Å². The Balaban J connectivity index is 1.73. The predicted octanol–water partition coefficient (Wildman–Crippen LogP) is 7.84. The smallest absolute Gasteiger partial charge is 0.266 e. The average molecular weight is 611 g/mol. The Morgan fingerprint density at radius 1 is 1.03 bits per heavy atom. The lowest BCUT2D eigenvalue weighted by Gasteiger charge is -2.32. The van der Waals surface area contributed by atoms with Crippen LogP contribution in [0, 0.1) is 0 Å². The zero-order valence-corrected chi connectivity index (χ0v) is 23.4. The molecule has 5 rings (SSSR count). The van der Waals surface area contributed by atoms with Crippen molar-refractivity contribution in [2.45, 2.75) is 25.9 Å². The van der Waals surface area contributed by atoms with Crippen molar-refractivity contribution in [1.29, 1.82) is 0 Å². The van der Waals surface area contributed by atoms with E-state index in [1.54, 1.807) is 58.2 Å². The molecule has 5 aromatic rings. The number of fused-ring (bicyclic) bond motifs is 1. The Labute approximate surface area is 237 Å². The van der Waals surface area contributed by atoms with Gasteiger partial charge in [-0.2, -0.15) is 0 Å². The second kappa shape index (κ2) is 11.2. The average Bonchev–Trinajstić information content (AvgIpc) is 3.44. The SMILES string of the molecule is CCC(c1nc2ccccc2c(=O)n1-c1ccc(Br)cc1)N(Cc1ccco1)C(=O)c1ccc(Cl)c(Cl)c1. The fraction of sp³-hybridized carbons (Fsp3) is 0.138. The van der Waals surface area contributed by atoms with Gasteiger partial charge in [0.2, 0.25) is 0 Å². The number of hydrogen-bond acceptors (Lipinski definition) is 4. The third-order valence-corrected chi connectivity index (χ3v) is 7.55. The maximum Gasteiger partial charge on any atom is 0.266 e. The van der Waals surface area contributed by atoms with Gasteiger partial charge in [-0.1, -0.05) is 58.2 Å². The van der Waals surface area contributed by atoms with Crippen LogP contribution < -0.4 is 5.56 Å². The minimum Gasteiger partial charge on any atom is -0.467 e. The first-order valence-electron chi connectivity index (χ1n) is 11.9. The van der Waals surface area contributed by atoms with Gasteiger partial charge in [0.1, 0.15) is 11.6 Å². The molecule has 1 unspecified atom stereocenters. The summed E-state index contributed by atoms with van der Waals surface area (Å²) in [6.07, 6.45) is 2.04. The van der Waals surface area contributed by atoms with Crippen LogP contribution in [0.25, 0.3) is 16.6 Å². The molecule has 192 valence electrons. The normalized spacial score (nSPS) is 12.0. The van der Waals surface area contributed by atoms with E-state index >= 15 is 0 Å². The van der Waals surface area contributed by atoms with Gasteiger partial charge in [-0.25, -0.2) is 4.98 Å². The molecule has 0 aliphatic rings. The monoisotopic (exact) mass is 609 g/mol. The van der Waals surface area contributed by atoms with E-state index in [-0.39, 0.29) is 23.0 Å². The van der Waals surface area contributed by atoms with E-state index in [1.807, 2.05) is 43.3 Å². The number of rotatable bonds is 7. The maximum atomic E-state index is 14.0. The molecule has 0 saturated carbocycles. The Bertz CT molecular complexity index is 1670. The summed E-state index contributed by atoms with van der Waals surface area (Å²) in [7, 11) is 0. The van der Waals surface area contributed by atoms with E-state index < -0.39 is 6.04 Å². The lowest BCUT2D eigenvalue weighted by molar-refractivity contribution is 0.0624. The minimum absolute atomic E-state index is 0.160. The zero-order valence-electron chi connectivity index (χ0n) is 20.3. The molecule has 3 aromatic carbocycles. The highest BCUT2D eigenvalue weighted by atomic mass is 79.9. The lowest BCUT2D eigenvalue weighted by Crippen LogP contribution is -2.38. The molecule has 1 atom stereocenters. The lowest BCUT2D eigenvalue weighted by atomic mass is 10.1. The molecule has 1 amide bonds. The van der Waals surface area contributed by atoms with Crippen molar-refractivity contribution >= 4 is 55.9 Å². The first kappa shape index (κ1) is 26.2. The van der Waals surface area contributed by atoms with Crippen LogP contribution in [0.2, 0.25) is 10.0 Å².